The molecule has 3 aromatic rings. The standard InChI is InChI=1S/C25H23F3N2O8/c1-24(37,11-31)14-7-16-20-17(8-14)38-10-15(6-12-2-4-13(5-3-12)25(26,27)28)30(20)23(36)19(21(16)34)22(35)29-9-18(32)33/h2-5,7-8,15,31,34,37H,6,9-11H2,1H3,(H,29,35)(H,32,33). The normalized spacial score (nSPS) is 16.5. The van der Waals surface area contributed by atoms with E-state index in [9.17, 15) is 42.9 Å². The number of ether oxygens (including phenoxy) is 1. The molecule has 2 atom stereocenters. The van der Waals surface area contributed by atoms with E-state index in [1.54, 1.807) is 0 Å². The molecule has 1 aliphatic heterocycles. The first-order valence-electron chi connectivity index (χ1n) is 11.3. The Bertz CT molecular complexity index is 1480. The summed E-state index contributed by atoms with van der Waals surface area (Å²) >= 11 is 0. The SMILES string of the molecule is CC(O)(CO)c1cc2c3c(c1)c(O)c(C(=O)NCC(=O)O)c(=O)n3C(Cc1ccc(C(F)(F)F)cc1)CO2. The summed E-state index contributed by atoms with van der Waals surface area (Å²) in [7, 11) is 0. The highest BCUT2D eigenvalue weighted by molar-refractivity contribution is 6.04. The number of carbonyl (C=O) groups is 2. The fourth-order valence-electron chi connectivity index (χ4n) is 4.32. The van der Waals surface area contributed by atoms with Gasteiger partial charge >= 0.3 is 12.1 Å². The lowest BCUT2D eigenvalue weighted by Gasteiger charge is -2.31. The Hall–Kier alpha value is -4.10. The van der Waals surface area contributed by atoms with Crippen LogP contribution >= 0.6 is 0 Å². The lowest BCUT2D eigenvalue weighted by molar-refractivity contribution is -0.138. The average molecular weight is 536 g/mol. The van der Waals surface area contributed by atoms with Crippen LogP contribution in [0, 0.1) is 0 Å². The Morgan fingerprint density at radius 2 is 1.82 bits per heavy atom. The third-order valence-corrected chi connectivity index (χ3v) is 6.35. The highest BCUT2D eigenvalue weighted by Crippen LogP contribution is 2.41. The zero-order chi connectivity index (χ0) is 28.0. The fraction of sp³-hybridized carbons (Fsp3) is 0.320. The number of carboxylic acid groups (broad SMARTS) is 1. The van der Waals surface area contributed by atoms with E-state index < -0.39 is 65.3 Å². The summed E-state index contributed by atoms with van der Waals surface area (Å²) in [5.41, 5.74) is -3.78. The molecule has 0 saturated carbocycles. The molecular weight excluding hydrogens is 513 g/mol. The van der Waals surface area contributed by atoms with Crippen molar-refractivity contribution in [3.63, 3.8) is 0 Å². The number of aromatic hydroxyl groups is 1. The highest BCUT2D eigenvalue weighted by Gasteiger charge is 2.34. The minimum Gasteiger partial charge on any atom is -0.506 e. The van der Waals surface area contributed by atoms with Crippen molar-refractivity contribution in [1.29, 1.82) is 0 Å². The maximum atomic E-state index is 13.5. The lowest BCUT2D eigenvalue weighted by atomic mass is 9.93. The number of nitrogens with zero attached hydrogens (tertiary/aromatic N) is 1. The van der Waals surface area contributed by atoms with Gasteiger partial charge < -0.3 is 30.5 Å². The molecule has 10 nitrogen and oxygen atoms in total. The van der Waals surface area contributed by atoms with E-state index in [-0.39, 0.29) is 35.2 Å². The number of aromatic nitrogens is 1. The van der Waals surface area contributed by atoms with Gasteiger partial charge in [0.2, 0.25) is 0 Å². The maximum absolute atomic E-state index is 13.5. The van der Waals surface area contributed by atoms with Gasteiger partial charge in [-0.25, -0.2) is 0 Å². The van der Waals surface area contributed by atoms with Gasteiger partial charge in [0.25, 0.3) is 11.5 Å². The van der Waals surface area contributed by atoms with Crippen LogP contribution in [0.25, 0.3) is 10.9 Å². The Morgan fingerprint density at radius 1 is 1.16 bits per heavy atom. The molecule has 202 valence electrons. The number of aliphatic carboxylic acids is 1. The number of carbonyl (C=O) groups excluding carboxylic acids is 1. The fourth-order valence-corrected chi connectivity index (χ4v) is 4.32. The number of halogens is 3. The number of aliphatic hydroxyl groups is 2. The second kappa shape index (κ2) is 9.65. The third kappa shape index (κ3) is 4.89. The molecule has 5 N–H and O–H groups in total. The van der Waals surface area contributed by atoms with Crippen LogP contribution in [0.2, 0.25) is 0 Å². The van der Waals surface area contributed by atoms with E-state index in [1.165, 1.54) is 35.8 Å². The summed E-state index contributed by atoms with van der Waals surface area (Å²) in [5.74, 6) is -3.29. The number of hydrogen-bond acceptors (Lipinski definition) is 7. The molecule has 1 aliphatic rings. The molecule has 38 heavy (non-hydrogen) atoms. The van der Waals surface area contributed by atoms with Crippen LogP contribution < -0.4 is 15.6 Å². The van der Waals surface area contributed by atoms with Crippen molar-refractivity contribution in [2.24, 2.45) is 0 Å². The lowest BCUT2D eigenvalue weighted by Crippen LogP contribution is -2.40. The summed E-state index contributed by atoms with van der Waals surface area (Å²) in [6.45, 7) is -0.404. The minimum absolute atomic E-state index is 0.0175. The molecule has 0 bridgehead atoms. The van der Waals surface area contributed by atoms with Crippen LogP contribution in [-0.4, -0.2) is 56.6 Å². The Balaban J connectivity index is 1.90. The first-order valence-corrected chi connectivity index (χ1v) is 11.3. The van der Waals surface area contributed by atoms with E-state index >= 15 is 0 Å². The van der Waals surface area contributed by atoms with Crippen LogP contribution in [0.5, 0.6) is 11.5 Å². The molecule has 0 radical (unpaired) electrons. The van der Waals surface area contributed by atoms with Crippen molar-refractivity contribution < 1.29 is 47.9 Å². The van der Waals surface area contributed by atoms with Gasteiger partial charge in [0.05, 0.1) is 23.7 Å². The van der Waals surface area contributed by atoms with Gasteiger partial charge in [-0.1, -0.05) is 12.1 Å². The predicted octanol–water partition coefficient (Wildman–Crippen LogP) is 1.92. The topological polar surface area (TPSA) is 158 Å². The average Bonchev–Trinajstić information content (AvgIpc) is 2.85. The number of amides is 1. The minimum atomic E-state index is -4.53. The monoisotopic (exact) mass is 536 g/mol. The second-order valence-electron chi connectivity index (χ2n) is 9.14. The number of pyridine rings is 1. The number of benzene rings is 2. The first kappa shape index (κ1) is 26.9. The molecule has 1 aromatic heterocycles. The molecule has 0 aliphatic carbocycles. The summed E-state index contributed by atoms with van der Waals surface area (Å²) in [5, 5.41) is 42.0. The van der Waals surface area contributed by atoms with Crippen molar-refractivity contribution in [1.82, 2.24) is 9.88 Å². The van der Waals surface area contributed by atoms with Crippen LogP contribution in [0.15, 0.2) is 41.2 Å². The number of alkyl halides is 3. The number of hydrogen-bond donors (Lipinski definition) is 5. The summed E-state index contributed by atoms with van der Waals surface area (Å²) in [6.07, 6.45) is -4.51. The van der Waals surface area contributed by atoms with Crippen LogP contribution in [0.1, 0.15) is 40.0 Å². The maximum Gasteiger partial charge on any atom is 0.416 e. The molecule has 2 heterocycles. The molecule has 1 amide bonds. The summed E-state index contributed by atoms with van der Waals surface area (Å²) in [4.78, 5) is 37.2. The van der Waals surface area contributed by atoms with Crippen molar-refractivity contribution in [3.05, 3.63) is 69.0 Å². The molecule has 13 heteroatoms. The molecular formula is C25H23F3N2O8. The molecule has 4 rings (SSSR count). The van der Waals surface area contributed by atoms with E-state index in [1.807, 2.05) is 5.32 Å². The van der Waals surface area contributed by atoms with Crippen molar-refractivity contribution in [3.8, 4) is 11.5 Å². The van der Waals surface area contributed by atoms with Gasteiger partial charge in [-0.3, -0.25) is 19.0 Å². The molecule has 0 saturated heterocycles. The van der Waals surface area contributed by atoms with E-state index in [0.29, 0.717) is 5.56 Å². The van der Waals surface area contributed by atoms with Gasteiger partial charge in [-0.15, -0.1) is 0 Å². The molecule has 2 aromatic carbocycles. The van der Waals surface area contributed by atoms with Crippen molar-refractivity contribution in [2.75, 3.05) is 19.8 Å². The first-order chi connectivity index (χ1) is 17.7. The Kier molecular flexibility index (Phi) is 6.84. The largest absolute Gasteiger partial charge is 0.506 e. The Morgan fingerprint density at radius 3 is 2.39 bits per heavy atom. The third-order valence-electron chi connectivity index (χ3n) is 6.35. The van der Waals surface area contributed by atoms with Crippen LogP contribution in [0.4, 0.5) is 13.2 Å². The summed E-state index contributed by atoms with van der Waals surface area (Å²) in [6, 6.07) is 6.10. The quantitative estimate of drug-likeness (QED) is 0.306. The summed E-state index contributed by atoms with van der Waals surface area (Å²) < 4.78 is 45.9. The number of nitrogens with one attached hydrogen (secondary N) is 1. The van der Waals surface area contributed by atoms with Gasteiger partial charge in [0, 0.05) is 5.39 Å². The Labute approximate surface area is 212 Å². The van der Waals surface area contributed by atoms with Gasteiger partial charge in [0.15, 0.2) is 0 Å². The van der Waals surface area contributed by atoms with E-state index in [2.05, 4.69) is 0 Å². The van der Waals surface area contributed by atoms with E-state index in [0.717, 1.165) is 12.1 Å². The van der Waals surface area contributed by atoms with Crippen molar-refractivity contribution >= 4 is 22.8 Å². The van der Waals surface area contributed by atoms with E-state index in [4.69, 9.17) is 9.84 Å². The smallest absolute Gasteiger partial charge is 0.416 e. The van der Waals surface area contributed by atoms with Crippen LogP contribution in [-0.2, 0) is 23.0 Å². The molecule has 2 unspecified atom stereocenters. The van der Waals surface area contributed by atoms with Crippen LogP contribution in [0.3, 0.4) is 0 Å². The zero-order valence-corrected chi connectivity index (χ0v) is 19.9. The second-order valence-corrected chi connectivity index (χ2v) is 9.14. The number of aliphatic hydroxyl groups excluding tert-OH is 1. The molecule has 0 spiro atoms. The predicted molar refractivity (Wildman–Crippen MR) is 126 cm³/mol. The molecule has 0 fully saturated rings. The van der Waals surface area contributed by atoms with Gasteiger partial charge in [-0.05, 0) is 48.7 Å². The number of carboxylic acids is 1. The van der Waals surface area contributed by atoms with Crippen molar-refractivity contribution in [2.45, 2.75) is 31.2 Å². The van der Waals surface area contributed by atoms with Gasteiger partial charge in [-0.2, -0.15) is 13.2 Å². The number of rotatable bonds is 7. The zero-order valence-electron chi connectivity index (χ0n) is 19.9. The highest BCUT2D eigenvalue weighted by atomic mass is 19.4. The van der Waals surface area contributed by atoms with Gasteiger partial charge in [0.1, 0.15) is 35.8 Å².